The zero-order valence-corrected chi connectivity index (χ0v) is 17.2. The van der Waals surface area contributed by atoms with Gasteiger partial charge in [-0.3, -0.25) is 0 Å². The maximum Gasteiger partial charge on any atom is 0.360 e. The number of rotatable bonds is 7. The van der Waals surface area contributed by atoms with Gasteiger partial charge in [0, 0.05) is 6.54 Å². The van der Waals surface area contributed by atoms with Crippen molar-refractivity contribution in [3.8, 4) is 0 Å². The molecule has 1 aromatic heterocycles. The maximum absolute atomic E-state index is 13.0. The van der Waals surface area contributed by atoms with Crippen molar-refractivity contribution in [2.75, 3.05) is 13.7 Å². The standard InChI is InChI=1S/C19H26N2O5S/c1-6-11-21(12-17-20-16(13-26-17)18(22)25-5)27(23,24)15-9-7-14(8-10-15)19(2,3)4/h7-10,13H,6,11-12H2,1-5H3. The fourth-order valence-electron chi connectivity index (χ4n) is 2.54. The van der Waals surface area contributed by atoms with E-state index in [1.807, 2.05) is 19.1 Å². The van der Waals surface area contributed by atoms with Crippen molar-refractivity contribution < 1.29 is 22.4 Å². The third-order valence-corrected chi connectivity index (χ3v) is 5.95. The zero-order chi connectivity index (χ0) is 20.2. The number of oxazole rings is 1. The molecule has 1 heterocycles. The minimum atomic E-state index is -3.72. The summed E-state index contributed by atoms with van der Waals surface area (Å²) in [4.78, 5) is 15.7. The lowest BCUT2D eigenvalue weighted by Crippen LogP contribution is -2.31. The Morgan fingerprint density at radius 1 is 1.22 bits per heavy atom. The van der Waals surface area contributed by atoms with Gasteiger partial charge in [0.2, 0.25) is 15.9 Å². The molecular weight excluding hydrogens is 368 g/mol. The Kier molecular flexibility index (Phi) is 6.43. The summed E-state index contributed by atoms with van der Waals surface area (Å²) in [5, 5.41) is 0. The molecule has 7 nitrogen and oxygen atoms in total. The molecule has 2 rings (SSSR count). The van der Waals surface area contributed by atoms with E-state index in [1.165, 1.54) is 11.4 Å². The number of sulfonamides is 1. The summed E-state index contributed by atoms with van der Waals surface area (Å²) in [6.45, 7) is 8.35. The number of esters is 1. The van der Waals surface area contributed by atoms with Crippen molar-refractivity contribution >= 4 is 16.0 Å². The highest BCUT2D eigenvalue weighted by molar-refractivity contribution is 7.89. The summed E-state index contributed by atoms with van der Waals surface area (Å²) in [6, 6.07) is 6.90. The van der Waals surface area contributed by atoms with Crippen molar-refractivity contribution in [3.63, 3.8) is 0 Å². The van der Waals surface area contributed by atoms with Crippen LogP contribution in [0.4, 0.5) is 0 Å². The van der Waals surface area contributed by atoms with E-state index >= 15 is 0 Å². The van der Waals surface area contributed by atoms with Crippen LogP contribution in [0, 0.1) is 0 Å². The minimum absolute atomic E-state index is 0.0101. The molecule has 0 spiro atoms. The molecule has 0 saturated heterocycles. The molecule has 0 atom stereocenters. The van der Waals surface area contributed by atoms with Gasteiger partial charge in [0.25, 0.3) is 0 Å². The number of hydrogen-bond acceptors (Lipinski definition) is 6. The molecule has 148 valence electrons. The molecular formula is C19H26N2O5S. The summed E-state index contributed by atoms with van der Waals surface area (Å²) in [5.41, 5.74) is 1.00. The van der Waals surface area contributed by atoms with E-state index in [-0.39, 0.29) is 28.4 Å². The third-order valence-electron chi connectivity index (χ3n) is 4.09. The predicted molar refractivity (Wildman–Crippen MR) is 101 cm³/mol. The van der Waals surface area contributed by atoms with Crippen LogP contribution in [0.3, 0.4) is 0 Å². The van der Waals surface area contributed by atoms with Gasteiger partial charge in [-0.05, 0) is 29.5 Å². The van der Waals surface area contributed by atoms with Crippen LogP contribution >= 0.6 is 0 Å². The lowest BCUT2D eigenvalue weighted by Gasteiger charge is -2.22. The number of ether oxygens (including phenoxy) is 1. The molecule has 0 aliphatic heterocycles. The first-order valence-electron chi connectivity index (χ1n) is 8.73. The Balaban J connectivity index is 2.28. The van der Waals surface area contributed by atoms with Crippen LogP contribution in [-0.4, -0.2) is 37.3 Å². The molecule has 0 fully saturated rings. The fraction of sp³-hybridized carbons (Fsp3) is 0.474. The second-order valence-corrected chi connectivity index (χ2v) is 9.17. The van der Waals surface area contributed by atoms with Crippen molar-refractivity contribution in [3.05, 3.63) is 47.7 Å². The summed E-state index contributed by atoms with van der Waals surface area (Å²) >= 11 is 0. The van der Waals surface area contributed by atoms with E-state index in [0.29, 0.717) is 13.0 Å². The second kappa shape index (κ2) is 8.22. The van der Waals surface area contributed by atoms with Crippen LogP contribution in [0.2, 0.25) is 0 Å². The molecule has 0 unspecified atom stereocenters. The zero-order valence-electron chi connectivity index (χ0n) is 16.4. The molecule has 0 aliphatic rings. The molecule has 0 N–H and O–H groups in total. The number of nitrogens with zero attached hydrogens (tertiary/aromatic N) is 2. The molecule has 27 heavy (non-hydrogen) atoms. The maximum atomic E-state index is 13.0. The van der Waals surface area contributed by atoms with E-state index in [0.717, 1.165) is 11.8 Å². The Labute approximate surface area is 160 Å². The monoisotopic (exact) mass is 394 g/mol. The van der Waals surface area contributed by atoms with E-state index in [1.54, 1.807) is 12.1 Å². The van der Waals surface area contributed by atoms with E-state index in [9.17, 15) is 13.2 Å². The number of methoxy groups -OCH3 is 1. The largest absolute Gasteiger partial charge is 0.464 e. The number of hydrogen-bond donors (Lipinski definition) is 0. The molecule has 0 aliphatic carbocycles. The number of carbonyl (C=O) groups excluding carboxylic acids is 1. The van der Waals surface area contributed by atoms with Crippen molar-refractivity contribution in [1.29, 1.82) is 0 Å². The van der Waals surface area contributed by atoms with Gasteiger partial charge in [-0.15, -0.1) is 0 Å². The molecule has 0 radical (unpaired) electrons. The van der Waals surface area contributed by atoms with Gasteiger partial charge in [0.15, 0.2) is 5.69 Å². The summed E-state index contributed by atoms with van der Waals surface area (Å²) in [6.07, 6.45) is 1.79. The highest BCUT2D eigenvalue weighted by Gasteiger charge is 2.27. The van der Waals surface area contributed by atoms with Gasteiger partial charge >= 0.3 is 5.97 Å². The lowest BCUT2D eigenvalue weighted by molar-refractivity contribution is 0.0594. The third kappa shape index (κ3) is 4.95. The first-order valence-corrected chi connectivity index (χ1v) is 10.2. The van der Waals surface area contributed by atoms with E-state index in [2.05, 4.69) is 30.5 Å². The SMILES string of the molecule is CCCN(Cc1nc(C(=O)OC)co1)S(=O)(=O)c1ccc(C(C)(C)C)cc1. The molecule has 2 aromatic rings. The summed E-state index contributed by atoms with van der Waals surface area (Å²) in [5.74, 6) is -0.494. The predicted octanol–water partition coefficient (Wildman–Crippen LogP) is 3.36. The molecule has 0 bridgehead atoms. The summed E-state index contributed by atoms with van der Waals surface area (Å²) in [7, 11) is -2.48. The molecule has 0 saturated carbocycles. The average Bonchev–Trinajstić information content (AvgIpc) is 3.08. The first kappa shape index (κ1) is 21.1. The topological polar surface area (TPSA) is 89.7 Å². The van der Waals surface area contributed by atoms with Gasteiger partial charge in [-0.25, -0.2) is 18.2 Å². The summed E-state index contributed by atoms with van der Waals surface area (Å²) < 4.78 is 37.2. The molecule has 8 heteroatoms. The van der Waals surface area contributed by atoms with Crippen molar-refractivity contribution in [2.24, 2.45) is 0 Å². The van der Waals surface area contributed by atoms with Gasteiger partial charge in [0.05, 0.1) is 18.6 Å². The highest BCUT2D eigenvalue weighted by Crippen LogP contribution is 2.25. The van der Waals surface area contributed by atoms with Crippen LogP contribution in [-0.2, 0) is 26.7 Å². The Hall–Kier alpha value is -2.19. The normalized spacial score (nSPS) is 12.4. The fourth-order valence-corrected chi connectivity index (χ4v) is 4.02. The highest BCUT2D eigenvalue weighted by atomic mass is 32.2. The lowest BCUT2D eigenvalue weighted by atomic mass is 9.87. The van der Waals surface area contributed by atoms with Crippen LogP contribution < -0.4 is 0 Å². The smallest absolute Gasteiger partial charge is 0.360 e. The van der Waals surface area contributed by atoms with Gasteiger partial charge in [0.1, 0.15) is 6.26 Å². The van der Waals surface area contributed by atoms with Gasteiger partial charge in [-0.1, -0.05) is 39.8 Å². The number of benzene rings is 1. The average molecular weight is 394 g/mol. The quantitative estimate of drug-likeness (QED) is 0.669. The Morgan fingerprint density at radius 3 is 2.37 bits per heavy atom. The van der Waals surface area contributed by atoms with E-state index in [4.69, 9.17) is 4.42 Å². The second-order valence-electron chi connectivity index (χ2n) is 7.23. The Morgan fingerprint density at radius 2 is 1.85 bits per heavy atom. The Bertz CT molecular complexity index is 880. The van der Waals surface area contributed by atoms with Crippen molar-refractivity contribution in [1.82, 2.24) is 9.29 Å². The molecule has 1 aromatic carbocycles. The van der Waals surface area contributed by atoms with Gasteiger partial charge < -0.3 is 9.15 Å². The number of carbonyl (C=O) groups is 1. The first-order chi connectivity index (χ1) is 12.6. The van der Waals surface area contributed by atoms with Crippen LogP contribution in [0.1, 0.15) is 56.1 Å². The van der Waals surface area contributed by atoms with Crippen molar-refractivity contribution in [2.45, 2.75) is 51.0 Å². The van der Waals surface area contributed by atoms with E-state index < -0.39 is 16.0 Å². The minimum Gasteiger partial charge on any atom is -0.464 e. The number of aromatic nitrogens is 1. The van der Waals surface area contributed by atoms with Crippen LogP contribution in [0.15, 0.2) is 39.8 Å². The van der Waals surface area contributed by atoms with Gasteiger partial charge in [-0.2, -0.15) is 4.31 Å². The van der Waals surface area contributed by atoms with Crippen LogP contribution in [0.25, 0.3) is 0 Å². The van der Waals surface area contributed by atoms with Crippen LogP contribution in [0.5, 0.6) is 0 Å². The molecule has 0 amide bonds.